The van der Waals surface area contributed by atoms with E-state index in [2.05, 4.69) is 15.6 Å². The molecule has 12 heteroatoms. The SMILES string of the molecule is O=C(Nc1cccc(Nc2cc(C(F)(F)F)nc3ccc(Cl)cc23)c1)c1cc(Cl)n(CC(F)F)c1. The van der Waals surface area contributed by atoms with Crippen LogP contribution >= 0.6 is 23.2 Å². The van der Waals surface area contributed by atoms with E-state index < -0.39 is 30.7 Å². The van der Waals surface area contributed by atoms with E-state index in [9.17, 15) is 26.7 Å². The summed E-state index contributed by atoms with van der Waals surface area (Å²) in [5.74, 6) is -0.599. The minimum Gasteiger partial charge on any atom is -0.355 e. The first-order valence-electron chi connectivity index (χ1n) is 9.99. The largest absolute Gasteiger partial charge is 0.433 e. The number of carbonyl (C=O) groups is 1. The Morgan fingerprint density at radius 1 is 1.03 bits per heavy atom. The number of hydrogen-bond donors (Lipinski definition) is 2. The van der Waals surface area contributed by atoms with E-state index >= 15 is 0 Å². The van der Waals surface area contributed by atoms with Crippen LogP contribution in [-0.2, 0) is 12.7 Å². The Bertz CT molecular complexity index is 1400. The van der Waals surface area contributed by atoms with Gasteiger partial charge in [0.05, 0.1) is 23.3 Å². The summed E-state index contributed by atoms with van der Waals surface area (Å²) in [7, 11) is 0. The number of benzene rings is 2. The molecule has 4 rings (SSSR count). The molecule has 0 saturated heterocycles. The summed E-state index contributed by atoms with van der Waals surface area (Å²) in [6.45, 7) is -0.657. The van der Waals surface area contributed by atoms with Crippen LogP contribution in [0.1, 0.15) is 16.1 Å². The van der Waals surface area contributed by atoms with Gasteiger partial charge in [-0.05, 0) is 48.5 Å². The van der Waals surface area contributed by atoms with Crippen molar-refractivity contribution in [2.24, 2.45) is 0 Å². The topological polar surface area (TPSA) is 59.0 Å². The van der Waals surface area contributed by atoms with E-state index in [4.69, 9.17) is 23.2 Å². The van der Waals surface area contributed by atoms with Gasteiger partial charge in [0.15, 0.2) is 0 Å². The Labute approximate surface area is 205 Å². The fraction of sp³-hybridized carbons (Fsp3) is 0.130. The van der Waals surface area contributed by atoms with Crippen LogP contribution < -0.4 is 10.6 Å². The van der Waals surface area contributed by atoms with Crippen molar-refractivity contribution < 1.29 is 26.7 Å². The van der Waals surface area contributed by atoms with Gasteiger partial charge in [0.2, 0.25) is 0 Å². The third-order valence-corrected chi connectivity index (χ3v) is 5.46. The Balaban J connectivity index is 1.60. The highest BCUT2D eigenvalue weighted by Gasteiger charge is 2.33. The summed E-state index contributed by atoms with van der Waals surface area (Å²) in [6.07, 6.45) is -6.10. The van der Waals surface area contributed by atoms with Gasteiger partial charge in [-0.1, -0.05) is 29.3 Å². The zero-order chi connectivity index (χ0) is 25.3. The van der Waals surface area contributed by atoms with Crippen molar-refractivity contribution in [2.75, 3.05) is 10.6 Å². The highest BCUT2D eigenvalue weighted by Crippen LogP contribution is 2.35. The molecule has 182 valence electrons. The maximum atomic E-state index is 13.4. The van der Waals surface area contributed by atoms with Crippen molar-refractivity contribution in [3.63, 3.8) is 0 Å². The van der Waals surface area contributed by atoms with Gasteiger partial charge >= 0.3 is 6.18 Å². The molecule has 35 heavy (non-hydrogen) atoms. The second-order valence-electron chi connectivity index (χ2n) is 7.47. The molecule has 2 N–H and O–H groups in total. The predicted octanol–water partition coefficient (Wildman–Crippen LogP) is 7.62. The number of aromatic nitrogens is 2. The van der Waals surface area contributed by atoms with Gasteiger partial charge in [0.25, 0.3) is 12.3 Å². The number of halogens is 7. The predicted molar refractivity (Wildman–Crippen MR) is 125 cm³/mol. The lowest BCUT2D eigenvalue weighted by Crippen LogP contribution is -2.12. The zero-order valence-electron chi connectivity index (χ0n) is 17.5. The summed E-state index contributed by atoms with van der Waals surface area (Å²) in [6, 6.07) is 12.7. The van der Waals surface area contributed by atoms with Crippen molar-refractivity contribution in [2.45, 2.75) is 19.1 Å². The van der Waals surface area contributed by atoms with Gasteiger partial charge in [-0.2, -0.15) is 13.2 Å². The molecule has 0 aliphatic carbocycles. The van der Waals surface area contributed by atoms with Gasteiger partial charge in [0.1, 0.15) is 10.8 Å². The van der Waals surface area contributed by atoms with Gasteiger partial charge in [-0.25, -0.2) is 13.8 Å². The lowest BCUT2D eigenvalue weighted by molar-refractivity contribution is -0.140. The fourth-order valence-corrected chi connectivity index (χ4v) is 3.78. The highest BCUT2D eigenvalue weighted by atomic mass is 35.5. The molecule has 1 amide bonds. The summed E-state index contributed by atoms with van der Waals surface area (Å²) in [5.41, 5.74) is -0.115. The minimum atomic E-state index is -4.66. The number of nitrogens with zero attached hydrogens (tertiary/aromatic N) is 2. The first kappa shape index (κ1) is 24.7. The molecule has 0 unspecified atom stereocenters. The van der Waals surface area contributed by atoms with Crippen molar-refractivity contribution in [1.82, 2.24) is 9.55 Å². The number of fused-ring (bicyclic) bond motifs is 1. The van der Waals surface area contributed by atoms with Crippen LogP contribution in [0, 0.1) is 0 Å². The molecule has 0 bridgehead atoms. The molecule has 4 aromatic rings. The molecular formula is C23H15Cl2F5N4O. The third kappa shape index (κ3) is 5.83. The van der Waals surface area contributed by atoms with Crippen molar-refractivity contribution in [3.8, 4) is 0 Å². The van der Waals surface area contributed by atoms with Crippen molar-refractivity contribution in [1.29, 1.82) is 0 Å². The van der Waals surface area contributed by atoms with E-state index in [-0.39, 0.29) is 21.9 Å². The smallest absolute Gasteiger partial charge is 0.355 e. The number of alkyl halides is 5. The molecule has 0 atom stereocenters. The van der Waals surface area contributed by atoms with Crippen molar-refractivity contribution in [3.05, 3.63) is 82.2 Å². The van der Waals surface area contributed by atoms with Gasteiger partial charge < -0.3 is 15.2 Å². The minimum absolute atomic E-state index is 0.0189. The summed E-state index contributed by atoms with van der Waals surface area (Å²) < 4.78 is 66.4. The van der Waals surface area contributed by atoms with Crippen LogP contribution in [0.25, 0.3) is 10.9 Å². The summed E-state index contributed by atoms with van der Waals surface area (Å²) in [5, 5.41) is 6.20. The Morgan fingerprint density at radius 2 is 1.77 bits per heavy atom. The van der Waals surface area contributed by atoms with Crippen LogP contribution in [-0.4, -0.2) is 21.9 Å². The molecule has 5 nitrogen and oxygen atoms in total. The first-order chi connectivity index (χ1) is 16.5. The lowest BCUT2D eigenvalue weighted by Gasteiger charge is -2.14. The van der Waals surface area contributed by atoms with Crippen LogP contribution in [0.2, 0.25) is 10.2 Å². The van der Waals surface area contributed by atoms with E-state index in [1.165, 1.54) is 36.5 Å². The number of rotatable bonds is 6. The van der Waals surface area contributed by atoms with E-state index in [0.717, 1.165) is 10.6 Å². The van der Waals surface area contributed by atoms with E-state index in [1.807, 2.05) is 0 Å². The maximum Gasteiger partial charge on any atom is 0.433 e. The van der Waals surface area contributed by atoms with Crippen LogP contribution in [0.5, 0.6) is 0 Å². The molecule has 0 fully saturated rings. The quantitative estimate of drug-likeness (QED) is 0.253. The Kier molecular flexibility index (Phi) is 6.86. The monoisotopic (exact) mass is 528 g/mol. The molecule has 0 radical (unpaired) electrons. The van der Waals surface area contributed by atoms with Crippen molar-refractivity contribution >= 4 is 57.1 Å². The van der Waals surface area contributed by atoms with E-state index in [0.29, 0.717) is 21.8 Å². The van der Waals surface area contributed by atoms with Gasteiger partial charge in [-0.15, -0.1) is 0 Å². The normalized spacial score (nSPS) is 11.8. The lowest BCUT2D eigenvalue weighted by atomic mass is 10.1. The first-order valence-corrected chi connectivity index (χ1v) is 10.7. The standard InChI is InChI=1S/C23H15Cl2F5N4O/c24-13-4-5-17-16(7-13)18(9-19(33-17)23(28,29)30)31-14-2-1-3-15(8-14)32-22(35)12-6-20(25)34(10-12)11-21(26)27/h1-10,21H,11H2,(H,31,33)(H,32,35). The van der Waals surface area contributed by atoms with Gasteiger partial charge in [0, 0.05) is 28.0 Å². The number of hydrogen-bond acceptors (Lipinski definition) is 3. The number of nitrogens with one attached hydrogen (secondary N) is 2. The Hall–Kier alpha value is -3.37. The average Bonchev–Trinajstić information content (AvgIpc) is 3.13. The zero-order valence-corrected chi connectivity index (χ0v) is 19.0. The summed E-state index contributed by atoms with van der Waals surface area (Å²) in [4.78, 5) is 16.2. The molecule has 2 aromatic heterocycles. The fourth-order valence-electron chi connectivity index (χ4n) is 3.37. The second kappa shape index (κ2) is 9.71. The number of pyridine rings is 1. The van der Waals surface area contributed by atoms with E-state index in [1.54, 1.807) is 18.2 Å². The average molecular weight is 529 g/mol. The van der Waals surface area contributed by atoms with Crippen LogP contribution in [0.4, 0.5) is 39.0 Å². The molecule has 0 aliphatic rings. The molecular weight excluding hydrogens is 514 g/mol. The second-order valence-corrected chi connectivity index (χ2v) is 8.29. The number of amides is 1. The number of carbonyl (C=O) groups excluding carboxylic acids is 1. The highest BCUT2D eigenvalue weighted by molar-refractivity contribution is 6.31. The molecule has 2 aromatic carbocycles. The van der Waals surface area contributed by atoms with Gasteiger partial charge in [-0.3, -0.25) is 4.79 Å². The maximum absolute atomic E-state index is 13.4. The number of anilines is 3. The van der Waals surface area contributed by atoms with Crippen LogP contribution in [0.15, 0.2) is 60.8 Å². The molecule has 2 heterocycles. The Morgan fingerprint density at radius 3 is 2.49 bits per heavy atom. The third-order valence-electron chi connectivity index (χ3n) is 4.90. The summed E-state index contributed by atoms with van der Waals surface area (Å²) >= 11 is 11.9. The molecule has 0 saturated carbocycles. The molecule has 0 aliphatic heterocycles. The molecule has 0 spiro atoms. The van der Waals surface area contributed by atoms with Crippen LogP contribution in [0.3, 0.4) is 0 Å².